The lowest BCUT2D eigenvalue weighted by Crippen LogP contribution is -2.26. The molecule has 1 nitrogen and oxygen atoms in total. The first-order valence-corrected chi connectivity index (χ1v) is 5.27. The zero-order chi connectivity index (χ0) is 9.97. The quantitative estimate of drug-likeness (QED) is 0.723. The van der Waals surface area contributed by atoms with Gasteiger partial charge in [0.05, 0.1) is 0 Å². The first-order chi connectivity index (χ1) is 6.83. The second-order valence-corrected chi connectivity index (χ2v) is 4.03. The van der Waals surface area contributed by atoms with E-state index in [4.69, 9.17) is 5.73 Å². The van der Waals surface area contributed by atoms with E-state index in [1.165, 1.54) is 24.0 Å². The Morgan fingerprint density at radius 2 is 2.29 bits per heavy atom. The van der Waals surface area contributed by atoms with Crippen molar-refractivity contribution in [2.45, 2.75) is 31.2 Å². The molecule has 1 aromatic rings. The van der Waals surface area contributed by atoms with Crippen LogP contribution in [0.1, 0.15) is 29.9 Å². The normalized spacial score (nSPS) is 21.6. The minimum atomic E-state index is 0.246. The van der Waals surface area contributed by atoms with Crippen LogP contribution in [0.4, 0.5) is 0 Å². The second-order valence-electron chi connectivity index (χ2n) is 4.03. The molecule has 0 radical (unpaired) electrons. The van der Waals surface area contributed by atoms with Crippen LogP contribution in [0.5, 0.6) is 0 Å². The molecule has 0 aromatic heterocycles. The summed E-state index contributed by atoms with van der Waals surface area (Å²) in [6, 6.07) is 8.90. The van der Waals surface area contributed by atoms with Crippen LogP contribution >= 0.6 is 0 Å². The van der Waals surface area contributed by atoms with Crippen LogP contribution in [0.15, 0.2) is 36.9 Å². The third-order valence-electron chi connectivity index (χ3n) is 3.13. The number of nitrogens with two attached hydrogens (primary N) is 1. The average molecular weight is 187 g/mol. The van der Waals surface area contributed by atoms with Gasteiger partial charge < -0.3 is 5.73 Å². The fourth-order valence-electron chi connectivity index (χ4n) is 2.39. The highest BCUT2D eigenvalue weighted by molar-refractivity contribution is 5.36. The van der Waals surface area contributed by atoms with Gasteiger partial charge in [0.1, 0.15) is 0 Å². The highest BCUT2D eigenvalue weighted by Crippen LogP contribution is 2.35. The Kier molecular flexibility index (Phi) is 2.69. The van der Waals surface area contributed by atoms with Crippen LogP contribution in [-0.4, -0.2) is 6.04 Å². The minimum Gasteiger partial charge on any atom is -0.327 e. The topological polar surface area (TPSA) is 26.0 Å². The molecule has 0 heterocycles. The van der Waals surface area contributed by atoms with Crippen LogP contribution in [0, 0.1) is 0 Å². The zero-order valence-corrected chi connectivity index (χ0v) is 8.45. The van der Waals surface area contributed by atoms with Gasteiger partial charge in [0, 0.05) is 6.04 Å². The van der Waals surface area contributed by atoms with Crippen LogP contribution < -0.4 is 5.73 Å². The molecule has 1 heteroatoms. The molecule has 74 valence electrons. The van der Waals surface area contributed by atoms with E-state index in [1.807, 2.05) is 6.08 Å². The molecule has 1 aliphatic carbocycles. The van der Waals surface area contributed by atoms with E-state index < -0.39 is 0 Å². The van der Waals surface area contributed by atoms with Crippen LogP contribution in [0.2, 0.25) is 0 Å². The molecule has 0 bridgehead atoms. The molecule has 0 saturated heterocycles. The van der Waals surface area contributed by atoms with Gasteiger partial charge in [-0.25, -0.2) is 0 Å². The zero-order valence-electron chi connectivity index (χ0n) is 8.45. The molecule has 14 heavy (non-hydrogen) atoms. The average Bonchev–Trinajstić information content (AvgIpc) is 2.61. The molecule has 2 atom stereocenters. The van der Waals surface area contributed by atoms with Crippen molar-refractivity contribution in [1.29, 1.82) is 0 Å². The summed E-state index contributed by atoms with van der Waals surface area (Å²) in [4.78, 5) is 0. The summed E-state index contributed by atoms with van der Waals surface area (Å²) >= 11 is 0. The summed E-state index contributed by atoms with van der Waals surface area (Å²) in [7, 11) is 0. The summed E-state index contributed by atoms with van der Waals surface area (Å²) in [6.07, 6.45) is 5.23. The van der Waals surface area contributed by atoms with Gasteiger partial charge in [-0.3, -0.25) is 0 Å². The lowest BCUT2D eigenvalue weighted by atomic mass is 9.92. The standard InChI is InChI=1S/C13H17N/c1-2-5-13(14)12-9-8-10-6-3-4-7-11(10)12/h2-4,6-7,12-13H,1,5,8-9,14H2. The summed E-state index contributed by atoms with van der Waals surface area (Å²) in [5.41, 5.74) is 9.08. The van der Waals surface area contributed by atoms with Crippen molar-refractivity contribution in [2.24, 2.45) is 5.73 Å². The fourth-order valence-corrected chi connectivity index (χ4v) is 2.39. The Hall–Kier alpha value is -1.08. The second kappa shape index (κ2) is 3.97. The summed E-state index contributed by atoms with van der Waals surface area (Å²) < 4.78 is 0. The van der Waals surface area contributed by atoms with E-state index in [0.29, 0.717) is 5.92 Å². The first-order valence-electron chi connectivity index (χ1n) is 5.27. The van der Waals surface area contributed by atoms with Crippen LogP contribution in [-0.2, 0) is 6.42 Å². The van der Waals surface area contributed by atoms with Gasteiger partial charge in [-0.05, 0) is 36.3 Å². The van der Waals surface area contributed by atoms with Crippen LogP contribution in [0.3, 0.4) is 0 Å². The molecular formula is C13H17N. The number of rotatable bonds is 3. The van der Waals surface area contributed by atoms with Gasteiger partial charge in [0.15, 0.2) is 0 Å². The third kappa shape index (κ3) is 1.60. The largest absolute Gasteiger partial charge is 0.327 e. The van der Waals surface area contributed by atoms with E-state index in [-0.39, 0.29) is 6.04 Å². The molecule has 2 rings (SSSR count). The number of hydrogen-bond donors (Lipinski definition) is 1. The van der Waals surface area contributed by atoms with Crippen molar-refractivity contribution in [2.75, 3.05) is 0 Å². The summed E-state index contributed by atoms with van der Waals surface area (Å²) in [5.74, 6) is 0.546. The van der Waals surface area contributed by atoms with E-state index >= 15 is 0 Å². The molecule has 0 aliphatic heterocycles. The summed E-state index contributed by atoms with van der Waals surface area (Å²) in [6.45, 7) is 3.75. The fraction of sp³-hybridized carbons (Fsp3) is 0.385. The van der Waals surface area contributed by atoms with E-state index in [2.05, 4.69) is 30.8 Å². The van der Waals surface area contributed by atoms with Crippen molar-refractivity contribution < 1.29 is 0 Å². The van der Waals surface area contributed by atoms with Crippen LogP contribution in [0.25, 0.3) is 0 Å². The van der Waals surface area contributed by atoms with Crippen molar-refractivity contribution in [3.63, 3.8) is 0 Å². The molecule has 2 N–H and O–H groups in total. The van der Waals surface area contributed by atoms with Crippen molar-refractivity contribution in [3.05, 3.63) is 48.0 Å². The molecule has 2 unspecified atom stereocenters. The van der Waals surface area contributed by atoms with Gasteiger partial charge in [-0.1, -0.05) is 30.3 Å². The Labute approximate surface area is 85.6 Å². The third-order valence-corrected chi connectivity index (χ3v) is 3.13. The molecule has 1 aliphatic rings. The van der Waals surface area contributed by atoms with Crippen molar-refractivity contribution in [3.8, 4) is 0 Å². The maximum Gasteiger partial charge on any atom is 0.0143 e. The SMILES string of the molecule is C=CCC(N)C1CCc2ccccc21. The van der Waals surface area contributed by atoms with Crippen molar-refractivity contribution in [1.82, 2.24) is 0 Å². The molecule has 0 spiro atoms. The molecule has 1 aromatic carbocycles. The number of fused-ring (bicyclic) bond motifs is 1. The molecule has 0 saturated carbocycles. The maximum absolute atomic E-state index is 6.13. The Morgan fingerprint density at radius 1 is 1.50 bits per heavy atom. The Morgan fingerprint density at radius 3 is 3.07 bits per heavy atom. The molecule has 0 fully saturated rings. The van der Waals surface area contributed by atoms with E-state index in [0.717, 1.165) is 6.42 Å². The van der Waals surface area contributed by atoms with E-state index in [1.54, 1.807) is 0 Å². The van der Waals surface area contributed by atoms with Gasteiger partial charge in [0.25, 0.3) is 0 Å². The van der Waals surface area contributed by atoms with Gasteiger partial charge in [-0.2, -0.15) is 0 Å². The van der Waals surface area contributed by atoms with E-state index in [9.17, 15) is 0 Å². The minimum absolute atomic E-state index is 0.246. The predicted molar refractivity (Wildman–Crippen MR) is 60.3 cm³/mol. The maximum atomic E-state index is 6.13. The highest BCUT2D eigenvalue weighted by Gasteiger charge is 2.26. The van der Waals surface area contributed by atoms with Gasteiger partial charge >= 0.3 is 0 Å². The first kappa shape index (κ1) is 9.47. The lowest BCUT2D eigenvalue weighted by molar-refractivity contribution is 0.532. The number of hydrogen-bond acceptors (Lipinski definition) is 1. The summed E-state index contributed by atoms with van der Waals surface area (Å²) in [5, 5.41) is 0. The monoisotopic (exact) mass is 187 g/mol. The van der Waals surface area contributed by atoms with Crippen molar-refractivity contribution >= 4 is 0 Å². The Balaban J connectivity index is 2.21. The predicted octanol–water partition coefficient (Wildman–Crippen LogP) is 2.62. The lowest BCUT2D eigenvalue weighted by Gasteiger charge is -2.18. The van der Waals surface area contributed by atoms with Gasteiger partial charge in [0.2, 0.25) is 0 Å². The molecular weight excluding hydrogens is 170 g/mol. The smallest absolute Gasteiger partial charge is 0.0143 e. The number of aryl methyl sites for hydroxylation is 1. The highest BCUT2D eigenvalue weighted by atomic mass is 14.7. The van der Waals surface area contributed by atoms with Gasteiger partial charge in [-0.15, -0.1) is 6.58 Å². The Bertz CT molecular complexity index is 330. The molecule has 0 amide bonds. The number of benzene rings is 1.